The van der Waals surface area contributed by atoms with Gasteiger partial charge in [0, 0.05) is 27.7 Å². The summed E-state index contributed by atoms with van der Waals surface area (Å²) < 4.78 is 12.1. The number of amides is 1. The second-order valence-corrected chi connectivity index (χ2v) is 9.67. The van der Waals surface area contributed by atoms with E-state index in [9.17, 15) is 4.79 Å². The van der Waals surface area contributed by atoms with Gasteiger partial charge in [-0.05, 0) is 59.9 Å². The van der Waals surface area contributed by atoms with Gasteiger partial charge in [-0.15, -0.1) is 0 Å². The van der Waals surface area contributed by atoms with E-state index in [2.05, 4.69) is 47.2 Å². The van der Waals surface area contributed by atoms with Gasteiger partial charge in [-0.2, -0.15) is 0 Å². The van der Waals surface area contributed by atoms with Crippen molar-refractivity contribution in [2.45, 2.75) is 25.7 Å². The number of hydrogen-bond acceptors (Lipinski definition) is 3. The summed E-state index contributed by atoms with van der Waals surface area (Å²) in [5, 5.41) is 3.70. The maximum Gasteiger partial charge on any atom is 0.232 e. The molecule has 6 heteroatoms. The molecule has 0 aromatic heterocycles. The molecule has 3 aromatic carbocycles. The molecule has 0 saturated carbocycles. The minimum absolute atomic E-state index is 0.0263. The van der Waals surface area contributed by atoms with Gasteiger partial charge in [0.1, 0.15) is 0 Å². The Morgan fingerprint density at radius 1 is 1.00 bits per heavy atom. The summed E-state index contributed by atoms with van der Waals surface area (Å²) in [5.74, 6) is 0.975. The zero-order chi connectivity index (χ0) is 22.1. The van der Waals surface area contributed by atoms with Gasteiger partial charge in [-0.3, -0.25) is 4.79 Å². The van der Waals surface area contributed by atoms with E-state index >= 15 is 0 Å². The highest BCUT2D eigenvalue weighted by molar-refractivity contribution is 9.10. The molecular formula is C26H19BrClNO3. The lowest BCUT2D eigenvalue weighted by Gasteiger charge is -2.22. The van der Waals surface area contributed by atoms with E-state index in [1.165, 1.54) is 0 Å². The maximum atomic E-state index is 13.3. The van der Waals surface area contributed by atoms with Crippen molar-refractivity contribution >= 4 is 44.7 Å². The molecule has 3 aromatic rings. The van der Waals surface area contributed by atoms with Gasteiger partial charge in [-0.25, -0.2) is 0 Å². The standard InChI is InChI=1S/C26H19BrClNO3/c1-12-17(27)7-8-19-24(12)25(26(30)29-19)23-13(2)22(14-5-3-4-6-15(14)23)16-9-20-21(10-18(16)28)32-11-31-20/h3-10,23,25H,11H2,1-2H3,(H,29,30). The first-order valence-corrected chi connectivity index (χ1v) is 11.6. The van der Waals surface area contributed by atoms with Crippen LogP contribution in [0.1, 0.15) is 46.6 Å². The number of carbonyl (C=O) groups is 1. The maximum absolute atomic E-state index is 13.3. The molecule has 0 spiro atoms. The number of hydrogen-bond donors (Lipinski definition) is 1. The number of rotatable bonds is 2. The van der Waals surface area contributed by atoms with Crippen LogP contribution in [-0.4, -0.2) is 12.7 Å². The minimum Gasteiger partial charge on any atom is -0.454 e. The quantitative estimate of drug-likeness (QED) is 0.414. The van der Waals surface area contributed by atoms with Crippen LogP contribution in [0.4, 0.5) is 5.69 Å². The fourth-order valence-corrected chi connectivity index (χ4v) is 5.96. The normalized spacial score (nSPS) is 20.4. The average molecular weight is 509 g/mol. The third kappa shape index (κ3) is 2.71. The molecule has 2 heterocycles. The molecule has 32 heavy (non-hydrogen) atoms. The highest BCUT2D eigenvalue weighted by atomic mass is 79.9. The molecule has 2 aliphatic heterocycles. The van der Waals surface area contributed by atoms with Crippen molar-refractivity contribution in [3.05, 3.63) is 91.4 Å². The van der Waals surface area contributed by atoms with Crippen LogP contribution in [0, 0.1) is 6.92 Å². The number of nitrogens with one attached hydrogen (secondary N) is 1. The van der Waals surface area contributed by atoms with Crippen molar-refractivity contribution in [1.29, 1.82) is 0 Å². The molecule has 2 atom stereocenters. The number of fused-ring (bicyclic) bond motifs is 3. The van der Waals surface area contributed by atoms with Crippen LogP contribution in [0.15, 0.2) is 58.6 Å². The van der Waals surface area contributed by atoms with E-state index in [1.54, 1.807) is 0 Å². The predicted molar refractivity (Wildman–Crippen MR) is 129 cm³/mol. The Hall–Kier alpha value is -2.76. The number of allylic oxidation sites excluding steroid dienone is 1. The lowest BCUT2D eigenvalue weighted by molar-refractivity contribution is -0.117. The third-order valence-corrected chi connectivity index (χ3v) is 7.96. The van der Waals surface area contributed by atoms with Crippen LogP contribution in [-0.2, 0) is 4.79 Å². The molecule has 2 unspecified atom stereocenters. The summed E-state index contributed by atoms with van der Waals surface area (Å²) in [7, 11) is 0. The zero-order valence-electron chi connectivity index (χ0n) is 17.5. The molecule has 1 N–H and O–H groups in total. The molecule has 0 bridgehead atoms. The van der Waals surface area contributed by atoms with E-state index in [0.717, 1.165) is 49.1 Å². The van der Waals surface area contributed by atoms with E-state index in [4.69, 9.17) is 21.1 Å². The Morgan fingerprint density at radius 2 is 1.75 bits per heavy atom. The summed E-state index contributed by atoms with van der Waals surface area (Å²) in [6.07, 6.45) is 0. The SMILES string of the molecule is CC1=C(c2cc3c(cc2Cl)OCO3)c2ccccc2C1C1C(=O)Nc2ccc(Br)c(C)c21. The van der Waals surface area contributed by atoms with Gasteiger partial charge in [0.25, 0.3) is 0 Å². The average Bonchev–Trinajstić information content (AvgIpc) is 3.43. The van der Waals surface area contributed by atoms with Crippen LogP contribution in [0.3, 0.4) is 0 Å². The van der Waals surface area contributed by atoms with Gasteiger partial charge in [0.2, 0.25) is 12.7 Å². The Balaban J connectivity index is 1.58. The Labute approximate surface area is 199 Å². The summed E-state index contributed by atoms with van der Waals surface area (Å²) >= 11 is 10.4. The summed E-state index contributed by atoms with van der Waals surface area (Å²) in [6, 6.07) is 16.0. The molecule has 160 valence electrons. The lowest BCUT2D eigenvalue weighted by atomic mass is 9.79. The Bertz CT molecular complexity index is 1360. The van der Waals surface area contributed by atoms with Crippen LogP contribution < -0.4 is 14.8 Å². The smallest absolute Gasteiger partial charge is 0.232 e. The highest BCUT2D eigenvalue weighted by Gasteiger charge is 2.44. The van der Waals surface area contributed by atoms with Crippen molar-refractivity contribution in [2.24, 2.45) is 0 Å². The van der Waals surface area contributed by atoms with Crippen LogP contribution >= 0.6 is 27.5 Å². The van der Waals surface area contributed by atoms with E-state index in [0.29, 0.717) is 16.5 Å². The molecule has 0 saturated heterocycles. The molecule has 1 aliphatic carbocycles. The van der Waals surface area contributed by atoms with Gasteiger partial charge in [-0.1, -0.05) is 57.4 Å². The molecule has 0 radical (unpaired) electrons. The molecule has 1 amide bonds. The molecular weight excluding hydrogens is 490 g/mol. The summed E-state index contributed by atoms with van der Waals surface area (Å²) in [4.78, 5) is 13.3. The fraction of sp³-hybridized carbons (Fsp3) is 0.192. The first kappa shape index (κ1) is 19.9. The number of benzene rings is 3. The van der Waals surface area contributed by atoms with E-state index in [1.807, 2.05) is 36.4 Å². The van der Waals surface area contributed by atoms with E-state index in [-0.39, 0.29) is 24.5 Å². The largest absolute Gasteiger partial charge is 0.454 e. The molecule has 3 aliphatic rings. The van der Waals surface area contributed by atoms with Crippen molar-refractivity contribution in [3.63, 3.8) is 0 Å². The van der Waals surface area contributed by atoms with Crippen molar-refractivity contribution < 1.29 is 14.3 Å². The second-order valence-electron chi connectivity index (χ2n) is 8.41. The molecule has 0 fully saturated rings. The second kappa shape index (κ2) is 7.12. The molecule has 4 nitrogen and oxygen atoms in total. The fourth-order valence-electron chi connectivity index (χ4n) is 5.36. The monoisotopic (exact) mass is 507 g/mol. The molecule has 6 rings (SSSR count). The number of halogens is 2. The third-order valence-electron chi connectivity index (χ3n) is 6.79. The Morgan fingerprint density at radius 3 is 2.56 bits per heavy atom. The topological polar surface area (TPSA) is 47.6 Å². The predicted octanol–water partition coefficient (Wildman–Crippen LogP) is 6.79. The lowest BCUT2D eigenvalue weighted by Crippen LogP contribution is -2.20. The Kier molecular flexibility index (Phi) is 4.43. The van der Waals surface area contributed by atoms with Crippen molar-refractivity contribution in [3.8, 4) is 11.5 Å². The van der Waals surface area contributed by atoms with Crippen LogP contribution in [0.25, 0.3) is 5.57 Å². The summed E-state index contributed by atoms with van der Waals surface area (Å²) in [5.41, 5.74) is 8.36. The van der Waals surface area contributed by atoms with Crippen molar-refractivity contribution in [1.82, 2.24) is 0 Å². The number of anilines is 1. The van der Waals surface area contributed by atoms with Crippen LogP contribution in [0.2, 0.25) is 5.02 Å². The van der Waals surface area contributed by atoms with E-state index < -0.39 is 0 Å². The number of ether oxygens (including phenoxy) is 2. The number of carbonyl (C=O) groups excluding carboxylic acids is 1. The first-order chi connectivity index (χ1) is 15.5. The highest BCUT2D eigenvalue weighted by Crippen LogP contribution is 2.56. The van der Waals surface area contributed by atoms with Gasteiger partial charge in [0.15, 0.2) is 11.5 Å². The zero-order valence-corrected chi connectivity index (χ0v) is 19.8. The van der Waals surface area contributed by atoms with Gasteiger partial charge < -0.3 is 14.8 Å². The summed E-state index contributed by atoms with van der Waals surface area (Å²) in [6.45, 7) is 4.37. The first-order valence-electron chi connectivity index (χ1n) is 10.4. The van der Waals surface area contributed by atoms with Gasteiger partial charge in [0.05, 0.1) is 10.9 Å². The minimum atomic E-state index is -0.311. The van der Waals surface area contributed by atoms with Gasteiger partial charge >= 0.3 is 0 Å². The van der Waals surface area contributed by atoms with Crippen molar-refractivity contribution in [2.75, 3.05) is 12.1 Å². The van der Waals surface area contributed by atoms with Crippen LogP contribution in [0.5, 0.6) is 11.5 Å².